The van der Waals surface area contributed by atoms with Crippen molar-refractivity contribution in [2.75, 3.05) is 18.4 Å². The van der Waals surface area contributed by atoms with E-state index in [4.69, 9.17) is 0 Å². The monoisotopic (exact) mass is 348 g/mol. The van der Waals surface area contributed by atoms with Crippen LogP contribution < -0.4 is 5.32 Å². The molecule has 0 radical (unpaired) electrons. The minimum atomic E-state index is -4.39. The normalized spacial score (nSPS) is 14.8. The van der Waals surface area contributed by atoms with Crippen molar-refractivity contribution in [2.45, 2.75) is 12.6 Å². The molecule has 1 aromatic carbocycles. The predicted molar refractivity (Wildman–Crippen MR) is 86.7 cm³/mol. The van der Waals surface area contributed by atoms with Crippen LogP contribution in [0.1, 0.15) is 17.7 Å². The van der Waals surface area contributed by atoms with E-state index in [1.807, 2.05) is 12.1 Å². The second-order valence-corrected chi connectivity index (χ2v) is 5.54. The molecule has 0 spiro atoms. The second kappa shape index (κ2) is 6.92. The zero-order chi connectivity index (χ0) is 17.9. The summed E-state index contributed by atoms with van der Waals surface area (Å²) in [7, 11) is 0. The number of amides is 2. The van der Waals surface area contributed by atoms with Gasteiger partial charge < -0.3 is 10.2 Å². The molecule has 0 saturated heterocycles. The summed E-state index contributed by atoms with van der Waals surface area (Å²) >= 11 is 0. The number of aromatic nitrogens is 2. The summed E-state index contributed by atoms with van der Waals surface area (Å²) < 4.78 is 37.6. The summed E-state index contributed by atoms with van der Waals surface area (Å²) in [4.78, 5) is 13.8. The van der Waals surface area contributed by atoms with Crippen LogP contribution in [0.3, 0.4) is 0 Å². The third-order valence-corrected chi connectivity index (χ3v) is 3.86. The maximum absolute atomic E-state index is 12.5. The van der Waals surface area contributed by atoms with Crippen LogP contribution in [-0.4, -0.2) is 34.2 Å². The van der Waals surface area contributed by atoms with Gasteiger partial charge in [0.15, 0.2) is 0 Å². The van der Waals surface area contributed by atoms with Crippen molar-refractivity contribution in [3.8, 4) is 0 Å². The first kappa shape index (κ1) is 16.9. The lowest BCUT2D eigenvalue weighted by molar-refractivity contribution is -0.137. The Bertz CT molecular complexity index is 773. The molecule has 3 rings (SSSR count). The highest BCUT2D eigenvalue weighted by Crippen LogP contribution is 2.30. The molecule has 0 aliphatic carbocycles. The topological polar surface area (TPSA) is 58.1 Å². The lowest BCUT2D eigenvalue weighted by Gasteiger charge is -2.26. The number of alkyl halides is 3. The third-order valence-electron chi connectivity index (χ3n) is 3.86. The predicted octanol–water partition coefficient (Wildman–Crippen LogP) is 3.82. The van der Waals surface area contributed by atoms with Gasteiger partial charge in [0, 0.05) is 25.0 Å². The minimum Gasteiger partial charge on any atom is -0.320 e. The molecule has 1 N–H and O–H groups in total. The van der Waals surface area contributed by atoms with E-state index in [2.05, 4.69) is 15.5 Å². The first-order valence-electron chi connectivity index (χ1n) is 7.64. The highest BCUT2D eigenvalue weighted by atomic mass is 19.4. The van der Waals surface area contributed by atoms with Crippen molar-refractivity contribution in [1.29, 1.82) is 0 Å². The van der Waals surface area contributed by atoms with Crippen molar-refractivity contribution in [3.63, 3.8) is 0 Å². The third kappa shape index (κ3) is 4.14. The molecule has 2 amide bonds. The highest BCUT2D eigenvalue weighted by Gasteiger charge is 2.30. The zero-order valence-electron chi connectivity index (χ0n) is 13.1. The number of carbonyl (C=O) groups excluding carboxylic acids is 1. The van der Waals surface area contributed by atoms with E-state index in [0.29, 0.717) is 25.2 Å². The van der Waals surface area contributed by atoms with Gasteiger partial charge in [-0.25, -0.2) is 4.79 Å². The first-order valence-corrected chi connectivity index (χ1v) is 7.64. The Kier molecular flexibility index (Phi) is 4.69. The molecule has 0 bridgehead atoms. The van der Waals surface area contributed by atoms with Crippen LogP contribution in [0.15, 0.2) is 48.7 Å². The Morgan fingerprint density at radius 1 is 1.16 bits per heavy atom. The number of carbonyl (C=O) groups is 1. The number of halogens is 3. The van der Waals surface area contributed by atoms with Crippen LogP contribution in [0.4, 0.5) is 23.7 Å². The van der Waals surface area contributed by atoms with Crippen LogP contribution in [0.2, 0.25) is 0 Å². The average molecular weight is 348 g/mol. The van der Waals surface area contributed by atoms with Crippen LogP contribution >= 0.6 is 0 Å². The lowest BCUT2D eigenvalue weighted by atomic mass is 10.0. The van der Waals surface area contributed by atoms with Gasteiger partial charge in [0.2, 0.25) is 0 Å². The van der Waals surface area contributed by atoms with E-state index in [9.17, 15) is 18.0 Å². The standard InChI is InChI=1S/C17H15F3N4O/c18-17(19,20)13-3-5-14(6-4-13)22-16(25)24-10-7-12(8-11-24)15-2-1-9-21-23-15/h1-7,9H,8,10-11H2,(H,22,25). The molecular formula is C17H15F3N4O. The fourth-order valence-electron chi connectivity index (χ4n) is 2.50. The number of hydrogen-bond donors (Lipinski definition) is 1. The molecule has 0 saturated carbocycles. The Morgan fingerprint density at radius 2 is 1.92 bits per heavy atom. The summed E-state index contributed by atoms with van der Waals surface area (Å²) in [5, 5.41) is 10.5. The summed E-state index contributed by atoms with van der Waals surface area (Å²) in [6.45, 7) is 0.896. The SMILES string of the molecule is O=C(Nc1ccc(C(F)(F)F)cc1)N1CC=C(c2cccnn2)CC1. The quantitative estimate of drug-likeness (QED) is 0.898. The van der Waals surface area contributed by atoms with Gasteiger partial charge in [0.25, 0.3) is 0 Å². The maximum atomic E-state index is 12.5. The number of nitrogens with zero attached hydrogens (tertiary/aromatic N) is 3. The van der Waals surface area contributed by atoms with E-state index in [1.165, 1.54) is 12.1 Å². The van der Waals surface area contributed by atoms with Crippen LogP contribution in [-0.2, 0) is 6.18 Å². The van der Waals surface area contributed by atoms with Gasteiger partial charge in [-0.05, 0) is 48.4 Å². The van der Waals surface area contributed by atoms with Crippen molar-refractivity contribution in [2.24, 2.45) is 0 Å². The zero-order valence-corrected chi connectivity index (χ0v) is 13.1. The largest absolute Gasteiger partial charge is 0.416 e. The number of benzene rings is 1. The summed E-state index contributed by atoms with van der Waals surface area (Å²) in [5.74, 6) is 0. The summed E-state index contributed by atoms with van der Waals surface area (Å²) in [6, 6.07) is 7.67. The molecule has 8 heteroatoms. The molecule has 0 atom stereocenters. The van der Waals surface area contributed by atoms with E-state index < -0.39 is 11.7 Å². The fourth-order valence-corrected chi connectivity index (χ4v) is 2.50. The lowest BCUT2D eigenvalue weighted by Crippen LogP contribution is -2.37. The Labute approximate surface area is 142 Å². The number of anilines is 1. The van der Waals surface area contributed by atoms with E-state index in [1.54, 1.807) is 17.2 Å². The van der Waals surface area contributed by atoms with Gasteiger partial charge in [-0.15, -0.1) is 0 Å². The van der Waals surface area contributed by atoms with Crippen molar-refractivity contribution in [1.82, 2.24) is 15.1 Å². The molecular weight excluding hydrogens is 333 g/mol. The Morgan fingerprint density at radius 3 is 2.48 bits per heavy atom. The molecule has 130 valence electrons. The Balaban J connectivity index is 1.60. The van der Waals surface area contributed by atoms with Crippen LogP contribution in [0.5, 0.6) is 0 Å². The van der Waals surface area contributed by atoms with E-state index in [-0.39, 0.29) is 6.03 Å². The van der Waals surface area contributed by atoms with Gasteiger partial charge in [0.05, 0.1) is 11.3 Å². The maximum Gasteiger partial charge on any atom is 0.416 e. The van der Waals surface area contributed by atoms with E-state index in [0.717, 1.165) is 23.4 Å². The van der Waals surface area contributed by atoms with Gasteiger partial charge in [-0.3, -0.25) is 0 Å². The average Bonchev–Trinajstić information content (AvgIpc) is 2.62. The smallest absolute Gasteiger partial charge is 0.320 e. The van der Waals surface area contributed by atoms with Crippen molar-refractivity contribution in [3.05, 3.63) is 59.9 Å². The van der Waals surface area contributed by atoms with Crippen LogP contribution in [0, 0.1) is 0 Å². The number of rotatable bonds is 2. The molecule has 2 heterocycles. The fraction of sp³-hybridized carbons (Fsp3) is 0.235. The van der Waals surface area contributed by atoms with Crippen molar-refractivity contribution >= 4 is 17.3 Å². The van der Waals surface area contributed by atoms with Crippen molar-refractivity contribution < 1.29 is 18.0 Å². The summed E-state index contributed by atoms with van der Waals surface area (Å²) in [5.41, 5.74) is 1.37. The molecule has 5 nitrogen and oxygen atoms in total. The highest BCUT2D eigenvalue weighted by molar-refractivity contribution is 5.90. The first-order chi connectivity index (χ1) is 11.9. The number of nitrogens with one attached hydrogen (secondary N) is 1. The summed E-state index contributed by atoms with van der Waals surface area (Å²) in [6.07, 6.45) is -0.257. The van der Waals surface area contributed by atoms with Crippen LogP contribution in [0.25, 0.3) is 5.57 Å². The van der Waals surface area contributed by atoms with Gasteiger partial charge in [0.1, 0.15) is 0 Å². The molecule has 1 aromatic heterocycles. The number of hydrogen-bond acceptors (Lipinski definition) is 3. The van der Waals surface area contributed by atoms with Gasteiger partial charge in [-0.2, -0.15) is 23.4 Å². The van der Waals surface area contributed by atoms with Gasteiger partial charge >= 0.3 is 12.2 Å². The minimum absolute atomic E-state index is 0.321. The molecule has 2 aromatic rings. The second-order valence-electron chi connectivity index (χ2n) is 5.54. The molecule has 0 unspecified atom stereocenters. The molecule has 0 fully saturated rings. The molecule has 25 heavy (non-hydrogen) atoms. The van der Waals surface area contributed by atoms with Gasteiger partial charge in [-0.1, -0.05) is 6.08 Å². The Hall–Kier alpha value is -2.90. The number of urea groups is 1. The van der Waals surface area contributed by atoms with E-state index >= 15 is 0 Å². The molecule has 1 aliphatic rings. The molecule has 1 aliphatic heterocycles.